The Morgan fingerprint density at radius 2 is 1.61 bits per heavy atom. The first-order valence-electron chi connectivity index (χ1n) is 9.09. The summed E-state index contributed by atoms with van der Waals surface area (Å²) in [5.41, 5.74) is 0.135. The van der Waals surface area contributed by atoms with Gasteiger partial charge in [-0.2, -0.15) is 8.42 Å². The number of hydrogen-bond donors (Lipinski definition) is 1. The van der Waals surface area contributed by atoms with Crippen LogP contribution >= 0.6 is 12.4 Å². The lowest BCUT2D eigenvalue weighted by Crippen LogP contribution is -2.37. The molecule has 0 amide bonds. The number of anilines is 3. The third-order valence-corrected chi connectivity index (χ3v) is 6.59. The molecule has 1 aliphatic carbocycles. The molecule has 28 heavy (non-hydrogen) atoms. The van der Waals surface area contributed by atoms with Crippen LogP contribution in [0.15, 0.2) is 42.5 Å². The van der Waals surface area contributed by atoms with E-state index in [4.69, 9.17) is 0 Å². The standard InChI is InChI=1S/C19H21F2N3O2S.ClH/c20-15-6-5-7-16(21)19(15)24-18-9-2-1-8-17(18)23(27(24,25)26)13-4-3-12-22-14-10-11-14;/h1-2,5-9,14,22H,3-4,10-13H2;1H. The molecule has 4 rings (SSSR count). The topological polar surface area (TPSA) is 52.7 Å². The fraction of sp³-hybridized carbons (Fsp3) is 0.368. The van der Waals surface area contributed by atoms with Crippen LogP contribution in [0.4, 0.5) is 25.8 Å². The second kappa shape index (κ2) is 8.23. The molecule has 2 aromatic carbocycles. The molecule has 0 unspecified atom stereocenters. The molecule has 0 atom stereocenters. The maximum atomic E-state index is 14.3. The maximum Gasteiger partial charge on any atom is 0.331 e. The summed E-state index contributed by atoms with van der Waals surface area (Å²) in [5, 5.41) is 3.39. The molecule has 1 fully saturated rings. The minimum atomic E-state index is -4.11. The molecule has 1 heterocycles. The molecular formula is C19H22ClF2N3O2S. The van der Waals surface area contributed by atoms with Gasteiger partial charge < -0.3 is 5.32 Å². The normalized spacial score (nSPS) is 17.4. The Bertz CT molecular complexity index is 934. The number of nitrogens with one attached hydrogen (secondary N) is 1. The smallest absolute Gasteiger partial charge is 0.314 e. The summed E-state index contributed by atoms with van der Waals surface area (Å²) >= 11 is 0. The highest BCUT2D eigenvalue weighted by Crippen LogP contribution is 2.46. The van der Waals surface area contributed by atoms with Crippen molar-refractivity contribution in [2.75, 3.05) is 21.7 Å². The highest BCUT2D eigenvalue weighted by molar-refractivity contribution is 7.95. The van der Waals surface area contributed by atoms with Crippen molar-refractivity contribution in [3.05, 3.63) is 54.1 Å². The fourth-order valence-electron chi connectivity index (χ4n) is 3.32. The van der Waals surface area contributed by atoms with E-state index in [9.17, 15) is 17.2 Å². The van der Waals surface area contributed by atoms with Gasteiger partial charge in [-0.1, -0.05) is 18.2 Å². The maximum absolute atomic E-state index is 14.3. The molecule has 1 aliphatic heterocycles. The van der Waals surface area contributed by atoms with E-state index in [1.165, 1.54) is 23.2 Å². The summed E-state index contributed by atoms with van der Waals surface area (Å²) in [5.74, 6) is -1.83. The predicted molar refractivity (Wildman–Crippen MR) is 109 cm³/mol. The zero-order chi connectivity index (χ0) is 19.0. The van der Waals surface area contributed by atoms with Gasteiger partial charge in [0.2, 0.25) is 0 Å². The second-order valence-corrected chi connectivity index (χ2v) is 8.54. The van der Waals surface area contributed by atoms with Crippen LogP contribution < -0.4 is 13.9 Å². The van der Waals surface area contributed by atoms with Crippen molar-refractivity contribution in [1.82, 2.24) is 5.32 Å². The van der Waals surface area contributed by atoms with Gasteiger partial charge in [0, 0.05) is 12.6 Å². The van der Waals surface area contributed by atoms with Crippen LogP contribution in [-0.4, -0.2) is 27.5 Å². The molecule has 2 aliphatic rings. The molecule has 2 aromatic rings. The third kappa shape index (κ3) is 3.81. The fourth-order valence-corrected chi connectivity index (χ4v) is 5.09. The molecule has 0 spiro atoms. The van der Waals surface area contributed by atoms with Gasteiger partial charge in [0.25, 0.3) is 0 Å². The minimum Gasteiger partial charge on any atom is -0.314 e. The van der Waals surface area contributed by atoms with Crippen LogP contribution in [0.5, 0.6) is 0 Å². The Labute approximate surface area is 169 Å². The Balaban J connectivity index is 0.00000225. The van der Waals surface area contributed by atoms with Crippen molar-refractivity contribution < 1.29 is 17.2 Å². The number of hydrogen-bond acceptors (Lipinski definition) is 3. The quantitative estimate of drug-likeness (QED) is 0.673. The van der Waals surface area contributed by atoms with Gasteiger partial charge in [-0.15, -0.1) is 12.4 Å². The van der Waals surface area contributed by atoms with Crippen LogP contribution in [-0.2, 0) is 10.2 Å². The average molecular weight is 430 g/mol. The van der Waals surface area contributed by atoms with Gasteiger partial charge in [-0.05, 0) is 56.5 Å². The van der Waals surface area contributed by atoms with Crippen molar-refractivity contribution in [1.29, 1.82) is 0 Å². The first-order chi connectivity index (χ1) is 13.0. The van der Waals surface area contributed by atoms with Crippen LogP contribution in [0.3, 0.4) is 0 Å². The molecule has 0 aromatic heterocycles. The van der Waals surface area contributed by atoms with Crippen molar-refractivity contribution >= 4 is 39.7 Å². The van der Waals surface area contributed by atoms with Crippen LogP contribution in [0, 0.1) is 11.6 Å². The number of benzene rings is 2. The summed E-state index contributed by atoms with van der Waals surface area (Å²) < 4.78 is 56.9. The molecule has 0 bridgehead atoms. The van der Waals surface area contributed by atoms with Gasteiger partial charge in [-0.25, -0.2) is 13.1 Å². The number of nitrogens with zero attached hydrogens (tertiary/aromatic N) is 2. The van der Waals surface area contributed by atoms with E-state index in [-0.39, 0.29) is 24.6 Å². The van der Waals surface area contributed by atoms with Crippen molar-refractivity contribution in [3.8, 4) is 0 Å². The van der Waals surface area contributed by atoms with Crippen molar-refractivity contribution in [2.45, 2.75) is 31.7 Å². The van der Waals surface area contributed by atoms with Crippen LogP contribution in [0.1, 0.15) is 25.7 Å². The Morgan fingerprint density at radius 3 is 2.25 bits per heavy atom. The first-order valence-corrected chi connectivity index (χ1v) is 10.5. The second-order valence-electron chi connectivity index (χ2n) is 6.84. The number of unbranched alkanes of at least 4 members (excludes halogenated alkanes) is 1. The van der Waals surface area contributed by atoms with Crippen LogP contribution in [0.25, 0.3) is 0 Å². The summed E-state index contributed by atoms with van der Waals surface area (Å²) in [7, 11) is -4.11. The van der Waals surface area contributed by atoms with Gasteiger partial charge in [0.1, 0.15) is 5.69 Å². The Hall–Kier alpha value is -1.90. The van der Waals surface area contributed by atoms with E-state index < -0.39 is 27.5 Å². The third-order valence-electron chi connectivity index (χ3n) is 4.82. The molecule has 0 radical (unpaired) electrons. The summed E-state index contributed by atoms with van der Waals surface area (Å²) in [4.78, 5) is 0. The van der Waals surface area contributed by atoms with E-state index in [1.54, 1.807) is 24.3 Å². The van der Waals surface area contributed by atoms with E-state index >= 15 is 0 Å². The van der Waals surface area contributed by atoms with Gasteiger partial charge in [0.15, 0.2) is 11.6 Å². The predicted octanol–water partition coefficient (Wildman–Crippen LogP) is 4.12. The molecular weight excluding hydrogens is 408 g/mol. The lowest BCUT2D eigenvalue weighted by molar-refractivity contribution is 0.572. The largest absolute Gasteiger partial charge is 0.331 e. The SMILES string of the molecule is Cl.O=S1(=O)N(CCCCNC2CC2)c2ccccc2N1c1c(F)cccc1F. The lowest BCUT2D eigenvalue weighted by Gasteiger charge is -2.22. The molecule has 5 nitrogen and oxygen atoms in total. The van der Waals surface area contributed by atoms with E-state index in [0.717, 1.165) is 29.4 Å². The van der Waals surface area contributed by atoms with Gasteiger partial charge in [0.05, 0.1) is 11.4 Å². The number of rotatable bonds is 7. The monoisotopic (exact) mass is 429 g/mol. The Kier molecular flexibility index (Phi) is 6.12. The number of halogens is 3. The van der Waals surface area contributed by atoms with E-state index in [2.05, 4.69) is 5.32 Å². The van der Waals surface area contributed by atoms with E-state index in [1.807, 2.05) is 0 Å². The Morgan fingerprint density at radius 1 is 0.964 bits per heavy atom. The lowest BCUT2D eigenvalue weighted by atomic mass is 10.2. The highest BCUT2D eigenvalue weighted by atomic mass is 35.5. The minimum absolute atomic E-state index is 0. The van der Waals surface area contributed by atoms with E-state index in [0.29, 0.717) is 18.2 Å². The molecule has 1 saturated carbocycles. The van der Waals surface area contributed by atoms with Gasteiger partial charge in [-0.3, -0.25) is 4.31 Å². The zero-order valence-electron chi connectivity index (χ0n) is 15.1. The summed E-state index contributed by atoms with van der Waals surface area (Å²) in [6, 6.07) is 10.5. The molecule has 9 heteroatoms. The highest BCUT2D eigenvalue weighted by Gasteiger charge is 2.43. The van der Waals surface area contributed by atoms with Crippen LogP contribution in [0.2, 0.25) is 0 Å². The van der Waals surface area contributed by atoms with Crippen molar-refractivity contribution in [3.63, 3.8) is 0 Å². The molecule has 0 saturated heterocycles. The molecule has 1 N–H and O–H groups in total. The average Bonchev–Trinajstić information content (AvgIpc) is 3.42. The summed E-state index contributed by atoms with van der Waals surface area (Å²) in [6.45, 7) is 1.10. The first kappa shape index (κ1) is 20.8. The molecule has 152 valence electrons. The zero-order valence-corrected chi connectivity index (χ0v) is 16.8. The van der Waals surface area contributed by atoms with Crippen molar-refractivity contribution in [2.24, 2.45) is 0 Å². The number of para-hydroxylation sites is 3. The van der Waals surface area contributed by atoms with Gasteiger partial charge >= 0.3 is 10.2 Å². The summed E-state index contributed by atoms with van der Waals surface area (Å²) in [6.07, 6.45) is 3.90. The number of fused-ring (bicyclic) bond motifs is 1.